The van der Waals surface area contributed by atoms with Gasteiger partial charge in [0.05, 0.1) is 6.04 Å². The van der Waals surface area contributed by atoms with Crippen LogP contribution in [0.15, 0.2) is 40.9 Å². The molecule has 0 radical (unpaired) electrons. The van der Waals surface area contributed by atoms with E-state index in [0.29, 0.717) is 0 Å². The number of nitrogens with one attached hydrogen (secondary N) is 1. The van der Waals surface area contributed by atoms with Gasteiger partial charge in [-0.15, -0.1) is 0 Å². The molecule has 1 nitrogen and oxygen atoms in total. The lowest BCUT2D eigenvalue weighted by Gasteiger charge is -2.21. The van der Waals surface area contributed by atoms with Gasteiger partial charge in [-0.05, 0) is 83.1 Å². The van der Waals surface area contributed by atoms with Crippen LogP contribution in [0.4, 0.5) is 4.39 Å². The van der Waals surface area contributed by atoms with Crippen LogP contribution in [0.25, 0.3) is 0 Å². The molecule has 1 atom stereocenters. The van der Waals surface area contributed by atoms with Crippen molar-refractivity contribution >= 4 is 38.5 Å². The van der Waals surface area contributed by atoms with E-state index in [1.807, 2.05) is 25.1 Å². The Balaban J connectivity index is 2.52. The third kappa shape index (κ3) is 3.80. The summed E-state index contributed by atoms with van der Waals surface area (Å²) in [5.41, 5.74) is 3.01. The molecule has 106 valence electrons. The van der Waals surface area contributed by atoms with Crippen molar-refractivity contribution in [2.75, 3.05) is 6.54 Å². The Kier molecular flexibility index (Phi) is 5.57. The largest absolute Gasteiger partial charge is 0.306 e. The van der Waals surface area contributed by atoms with Crippen molar-refractivity contribution in [3.63, 3.8) is 0 Å². The molecule has 0 aliphatic carbocycles. The van der Waals surface area contributed by atoms with Crippen molar-refractivity contribution in [2.24, 2.45) is 0 Å². The molecule has 1 N–H and O–H groups in total. The minimum atomic E-state index is -0.190. The molecule has 4 heteroatoms. The summed E-state index contributed by atoms with van der Waals surface area (Å²) in [5.74, 6) is -0.190. The molecule has 2 aromatic carbocycles. The van der Waals surface area contributed by atoms with Gasteiger partial charge in [0, 0.05) is 8.04 Å². The lowest BCUT2D eigenvalue weighted by Crippen LogP contribution is -2.22. The Morgan fingerprint density at radius 3 is 2.65 bits per heavy atom. The molecule has 20 heavy (non-hydrogen) atoms. The second-order valence-electron chi connectivity index (χ2n) is 4.72. The Morgan fingerprint density at radius 2 is 2.00 bits per heavy atom. The smallest absolute Gasteiger partial charge is 0.123 e. The average Bonchev–Trinajstić information content (AvgIpc) is 2.38. The fourth-order valence-electron chi connectivity index (χ4n) is 2.28. The van der Waals surface area contributed by atoms with Crippen LogP contribution in [-0.4, -0.2) is 6.54 Å². The topological polar surface area (TPSA) is 12.0 Å². The second kappa shape index (κ2) is 7.00. The van der Waals surface area contributed by atoms with Gasteiger partial charge in [-0.2, -0.15) is 0 Å². The molecule has 0 aliphatic heterocycles. The van der Waals surface area contributed by atoms with Crippen LogP contribution >= 0.6 is 38.5 Å². The number of halogens is 3. The number of rotatable bonds is 4. The first-order chi connectivity index (χ1) is 9.51. The highest BCUT2D eigenvalue weighted by atomic mass is 127. The predicted molar refractivity (Wildman–Crippen MR) is 93.5 cm³/mol. The van der Waals surface area contributed by atoms with E-state index in [1.54, 1.807) is 12.1 Å². The Hall–Kier alpha value is -0.460. The molecule has 0 fully saturated rings. The molecule has 0 bridgehead atoms. The summed E-state index contributed by atoms with van der Waals surface area (Å²) in [5, 5.41) is 3.44. The SMILES string of the molecule is CCNC(c1cc(C)cc(F)c1)c1cc(I)ccc1Br. The van der Waals surface area contributed by atoms with Gasteiger partial charge >= 0.3 is 0 Å². The van der Waals surface area contributed by atoms with Crippen molar-refractivity contribution in [1.29, 1.82) is 0 Å². The van der Waals surface area contributed by atoms with Gasteiger partial charge in [0.1, 0.15) is 5.82 Å². The van der Waals surface area contributed by atoms with Crippen molar-refractivity contribution in [1.82, 2.24) is 5.32 Å². The van der Waals surface area contributed by atoms with E-state index >= 15 is 0 Å². The maximum absolute atomic E-state index is 13.7. The molecule has 1 unspecified atom stereocenters. The average molecular weight is 448 g/mol. The fraction of sp³-hybridized carbons (Fsp3) is 0.250. The summed E-state index contributed by atoms with van der Waals surface area (Å²) in [6.07, 6.45) is 0. The normalized spacial score (nSPS) is 12.4. The van der Waals surface area contributed by atoms with E-state index in [1.165, 1.54) is 0 Å². The highest BCUT2D eigenvalue weighted by Crippen LogP contribution is 2.30. The zero-order valence-corrected chi connectivity index (χ0v) is 15.1. The van der Waals surface area contributed by atoms with Gasteiger partial charge in [0.25, 0.3) is 0 Å². The fourth-order valence-corrected chi connectivity index (χ4v) is 3.27. The molecule has 0 saturated carbocycles. The van der Waals surface area contributed by atoms with E-state index in [9.17, 15) is 4.39 Å². The summed E-state index contributed by atoms with van der Waals surface area (Å²) < 4.78 is 15.9. The van der Waals surface area contributed by atoms with Crippen molar-refractivity contribution in [2.45, 2.75) is 19.9 Å². The molecule has 2 aromatic rings. The zero-order valence-electron chi connectivity index (χ0n) is 11.4. The summed E-state index contributed by atoms with van der Waals surface area (Å²) in [6.45, 7) is 4.79. The highest BCUT2D eigenvalue weighted by Gasteiger charge is 2.17. The summed E-state index contributed by atoms with van der Waals surface area (Å²) in [6, 6.07) is 11.4. The number of hydrogen-bond acceptors (Lipinski definition) is 1. The molecule has 0 aliphatic rings. The van der Waals surface area contributed by atoms with Crippen LogP contribution in [0.5, 0.6) is 0 Å². The van der Waals surface area contributed by atoms with Gasteiger partial charge in [0.15, 0.2) is 0 Å². The van der Waals surface area contributed by atoms with E-state index in [4.69, 9.17) is 0 Å². The maximum atomic E-state index is 13.7. The van der Waals surface area contributed by atoms with Gasteiger partial charge < -0.3 is 5.32 Å². The summed E-state index contributed by atoms with van der Waals surface area (Å²) in [4.78, 5) is 0. The molecule has 0 amide bonds. The van der Waals surface area contributed by atoms with Crippen LogP contribution in [0.1, 0.15) is 29.7 Å². The standard InChI is InChI=1S/C16H16BrFIN/c1-3-20-16(11-6-10(2)7-12(18)8-11)14-9-13(19)4-5-15(14)17/h4-9,16,20H,3H2,1-2H3. The minimum Gasteiger partial charge on any atom is -0.306 e. The first-order valence-corrected chi connectivity index (χ1v) is 8.34. The van der Waals surface area contributed by atoms with Gasteiger partial charge in [-0.25, -0.2) is 4.39 Å². The van der Waals surface area contributed by atoms with E-state index in [0.717, 1.165) is 31.3 Å². The number of aryl methyl sites for hydroxylation is 1. The molecule has 0 spiro atoms. The lowest BCUT2D eigenvalue weighted by molar-refractivity contribution is 0.600. The van der Waals surface area contributed by atoms with Gasteiger partial charge in [-0.3, -0.25) is 0 Å². The minimum absolute atomic E-state index is 0.0153. The summed E-state index contributed by atoms with van der Waals surface area (Å²) in [7, 11) is 0. The van der Waals surface area contributed by atoms with Crippen LogP contribution in [0.3, 0.4) is 0 Å². The monoisotopic (exact) mass is 447 g/mol. The Labute approximate surface area is 141 Å². The molecule has 0 heterocycles. The van der Waals surface area contributed by atoms with Crippen LogP contribution < -0.4 is 5.32 Å². The third-order valence-electron chi connectivity index (χ3n) is 3.08. The van der Waals surface area contributed by atoms with Crippen molar-refractivity contribution < 1.29 is 4.39 Å². The van der Waals surface area contributed by atoms with Crippen LogP contribution in [-0.2, 0) is 0 Å². The lowest BCUT2D eigenvalue weighted by atomic mass is 9.97. The molecule has 0 saturated heterocycles. The van der Waals surface area contributed by atoms with E-state index in [-0.39, 0.29) is 11.9 Å². The summed E-state index contributed by atoms with van der Waals surface area (Å²) >= 11 is 5.89. The first-order valence-electron chi connectivity index (χ1n) is 6.46. The molecule has 0 aromatic heterocycles. The van der Waals surface area contributed by atoms with Crippen LogP contribution in [0, 0.1) is 16.3 Å². The predicted octanol–water partition coefficient (Wildman–Crippen LogP) is 5.20. The number of hydrogen-bond donors (Lipinski definition) is 1. The van der Waals surface area contributed by atoms with E-state index in [2.05, 4.69) is 56.8 Å². The number of benzene rings is 2. The molecular weight excluding hydrogens is 432 g/mol. The van der Waals surface area contributed by atoms with Gasteiger partial charge in [0.2, 0.25) is 0 Å². The van der Waals surface area contributed by atoms with E-state index < -0.39 is 0 Å². The van der Waals surface area contributed by atoms with Crippen molar-refractivity contribution in [3.05, 3.63) is 66.9 Å². The first kappa shape index (κ1) is 15.9. The maximum Gasteiger partial charge on any atom is 0.123 e. The third-order valence-corrected chi connectivity index (χ3v) is 4.47. The van der Waals surface area contributed by atoms with Crippen LogP contribution in [0.2, 0.25) is 0 Å². The quantitative estimate of drug-likeness (QED) is 0.635. The van der Waals surface area contributed by atoms with Crippen molar-refractivity contribution in [3.8, 4) is 0 Å². The molecule has 2 rings (SSSR count). The molecular formula is C16H16BrFIN. The Bertz CT molecular complexity index is 595. The highest BCUT2D eigenvalue weighted by molar-refractivity contribution is 14.1. The zero-order chi connectivity index (χ0) is 14.7. The Morgan fingerprint density at radius 1 is 1.25 bits per heavy atom. The second-order valence-corrected chi connectivity index (χ2v) is 6.82. The van der Waals surface area contributed by atoms with Gasteiger partial charge in [-0.1, -0.05) is 28.9 Å².